The highest BCUT2D eigenvalue weighted by Gasteiger charge is 2.26. The Labute approximate surface area is 111 Å². The van der Waals surface area contributed by atoms with E-state index in [1.807, 2.05) is 0 Å². The molecule has 0 aromatic rings. The van der Waals surface area contributed by atoms with E-state index in [1.165, 1.54) is 9.80 Å². The largest absolute Gasteiger partial charge is 0.545 e. The Bertz CT molecular complexity index is 386. The highest BCUT2D eigenvalue weighted by atomic mass is 16.4. The van der Waals surface area contributed by atoms with Crippen LogP contribution in [0.1, 0.15) is 12.8 Å². The molecule has 0 aliphatic carbocycles. The predicted molar refractivity (Wildman–Crippen MR) is 65.1 cm³/mol. The maximum absolute atomic E-state index is 11.8. The Balaban J connectivity index is 2.44. The molecule has 0 bridgehead atoms. The van der Waals surface area contributed by atoms with Crippen molar-refractivity contribution in [3.63, 3.8) is 0 Å². The van der Waals surface area contributed by atoms with Crippen LogP contribution < -0.4 is 15.3 Å². The van der Waals surface area contributed by atoms with Gasteiger partial charge in [-0.1, -0.05) is 0 Å². The van der Waals surface area contributed by atoms with Gasteiger partial charge in [-0.2, -0.15) is 0 Å². The van der Waals surface area contributed by atoms with Crippen molar-refractivity contribution in [2.45, 2.75) is 18.9 Å². The van der Waals surface area contributed by atoms with E-state index in [9.17, 15) is 19.5 Å². The molecule has 1 rings (SSSR count). The summed E-state index contributed by atoms with van der Waals surface area (Å²) < 4.78 is 0. The van der Waals surface area contributed by atoms with Crippen molar-refractivity contribution < 1.29 is 24.4 Å². The number of aliphatic carboxylic acids is 1. The number of carbonyl (C=O) groups is 3. The third-order valence-corrected chi connectivity index (χ3v) is 3.28. The van der Waals surface area contributed by atoms with Crippen LogP contribution in [-0.4, -0.2) is 56.0 Å². The average Bonchev–Trinajstić information content (AvgIpc) is 2.36. The minimum Gasteiger partial charge on any atom is -0.545 e. The van der Waals surface area contributed by atoms with Crippen molar-refractivity contribution >= 4 is 17.9 Å². The molecule has 0 spiro atoms. The first-order chi connectivity index (χ1) is 8.90. The van der Waals surface area contributed by atoms with Gasteiger partial charge in [-0.15, -0.1) is 0 Å². The maximum Gasteiger partial charge on any atom is 0.324 e. The van der Waals surface area contributed by atoms with Gasteiger partial charge >= 0.3 is 6.03 Å². The summed E-state index contributed by atoms with van der Waals surface area (Å²) in [6.07, 6.45) is 3.12. The summed E-state index contributed by atoms with van der Waals surface area (Å²) in [4.78, 5) is 36.1. The molecule has 1 heterocycles. The topological polar surface area (TPSA) is 94.0 Å². The molecule has 0 aromatic carbocycles. The molecule has 7 heteroatoms. The fourth-order valence-corrected chi connectivity index (χ4v) is 2.03. The van der Waals surface area contributed by atoms with E-state index >= 15 is 0 Å². The van der Waals surface area contributed by atoms with Crippen LogP contribution in [0.3, 0.4) is 0 Å². The van der Waals surface area contributed by atoms with Gasteiger partial charge in [-0.05, 0) is 6.08 Å². The van der Waals surface area contributed by atoms with Gasteiger partial charge in [0.2, 0.25) is 0 Å². The fourth-order valence-electron chi connectivity index (χ4n) is 2.03. The number of piperidine rings is 1. The van der Waals surface area contributed by atoms with Crippen LogP contribution in [0.5, 0.6) is 0 Å². The van der Waals surface area contributed by atoms with Crippen molar-refractivity contribution in [1.29, 1.82) is 0 Å². The lowest BCUT2D eigenvalue weighted by molar-refractivity contribution is -0.885. The van der Waals surface area contributed by atoms with Crippen molar-refractivity contribution in [2.75, 3.05) is 27.2 Å². The number of nitrogens with one attached hydrogen (secondary N) is 2. The number of amides is 3. The number of carbonyl (C=O) groups excluding carboxylic acids is 3. The van der Waals surface area contributed by atoms with Crippen LogP contribution in [0.2, 0.25) is 0 Å². The van der Waals surface area contributed by atoms with E-state index in [0.717, 1.165) is 32.0 Å². The lowest BCUT2D eigenvalue weighted by Gasteiger charge is -2.32. The average molecular weight is 269 g/mol. The second kappa shape index (κ2) is 6.89. The van der Waals surface area contributed by atoms with Crippen LogP contribution in [0.4, 0.5) is 4.79 Å². The van der Waals surface area contributed by atoms with Crippen LogP contribution in [0.15, 0.2) is 12.2 Å². The third-order valence-electron chi connectivity index (χ3n) is 3.28. The molecule has 3 amide bonds. The van der Waals surface area contributed by atoms with E-state index in [1.54, 1.807) is 7.05 Å². The van der Waals surface area contributed by atoms with Crippen LogP contribution >= 0.6 is 0 Å². The summed E-state index contributed by atoms with van der Waals surface area (Å²) in [5, 5.41) is 12.2. The van der Waals surface area contributed by atoms with Gasteiger partial charge in [0.1, 0.15) is 0 Å². The van der Waals surface area contributed by atoms with Crippen LogP contribution in [0, 0.1) is 0 Å². The molecule has 106 valence electrons. The number of hydrogen-bond acceptors (Lipinski definition) is 4. The Kier molecular flexibility index (Phi) is 5.50. The smallest absolute Gasteiger partial charge is 0.324 e. The van der Waals surface area contributed by atoms with Crippen LogP contribution in [0.25, 0.3) is 0 Å². The first-order valence-corrected chi connectivity index (χ1v) is 6.18. The molecule has 1 fully saturated rings. The van der Waals surface area contributed by atoms with Gasteiger partial charge in [-0.3, -0.25) is 10.1 Å². The Morgan fingerprint density at radius 1 is 1.26 bits per heavy atom. The number of likely N-dealkylation sites (tertiary alicyclic amines) is 1. The summed E-state index contributed by atoms with van der Waals surface area (Å²) in [5.41, 5.74) is 0. The van der Waals surface area contributed by atoms with Gasteiger partial charge in [0, 0.05) is 32.0 Å². The Morgan fingerprint density at radius 2 is 1.84 bits per heavy atom. The molecule has 0 saturated carbocycles. The SMILES string of the molecule is CN(C(=O)NC(=O)/C=C/C(=O)[O-])C1CC[NH+](C)CC1. The van der Waals surface area contributed by atoms with E-state index < -0.39 is 17.9 Å². The highest BCUT2D eigenvalue weighted by molar-refractivity contribution is 6.02. The molecule has 7 nitrogen and oxygen atoms in total. The van der Waals surface area contributed by atoms with Gasteiger partial charge in [-0.25, -0.2) is 4.79 Å². The van der Waals surface area contributed by atoms with Gasteiger partial charge < -0.3 is 19.7 Å². The van der Waals surface area contributed by atoms with Gasteiger partial charge in [0.05, 0.1) is 26.1 Å². The Morgan fingerprint density at radius 3 is 2.37 bits per heavy atom. The lowest BCUT2D eigenvalue weighted by atomic mass is 10.0. The van der Waals surface area contributed by atoms with Crippen LogP contribution in [-0.2, 0) is 9.59 Å². The highest BCUT2D eigenvalue weighted by Crippen LogP contribution is 2.07. The fraction of sp³-hybridized carbons (Fsp3) is 0.583. The van der Waals surface area contributed by atoms with Crippen molar-refractivity contribution in [1.82, 2.24) is 10.2 Å². The van der Waals surface area contributed by atoms with Crippen molar-refractivity contribution in [3.8, 4) is 0 Å². The van der Waals surface area contributed by atoms with Crippen molar-refractivity contribution in [3.05, 3.63) is 12.2 Å². The molecule has 1 saturated heterocycles. The summed E-state index contributed by atoms with van der Waals surface area (Å²) in [6.45, 7) is 1.97. The minimum absolute atomic E-state index is 0.113. The second-order valence-corrected chi connectivity index (χ2v) is 4.75. The molecular formula is C12H19N3O4. The number of rotatable bonds is 3. The number of quaternary nitrogens is 1. The number of carboxylic acid groups (broad SMARTS) is 1. The number of nitrogens with zero attached hydrogens (tertiary/aromatic N) is 1. The number of imide groups is 1. The molecule has 0 atom stereocenters. The predicted octanol–water partition coefficient (Wildman–Crippen LogP) is -2.86. The molecule has 1 aliphatic heterocycles. The normalized spacial score (nSPS) is 23.1. The first-order valence-electron chi connectivity index (χ1n) is 6.18. The summed E-state index contributed by atoms with van der Waals surface area (Å²) in [5.74, 6) is -2.24. The van der Waals surface area contributed by atoms with Gasteiger partial charge in [0.25, 0.3) is 5.91 Å². The van der Waals surface area contributed by atoms with Crippen molar-refractivity contribution in [2.24, 2.45) is 0 Å². The molecule has 2 N–H and O–H groups in total. The third kappa shape index (κ3) is 5.09. The lowest BCUT2D eigenvalue weighted by Crippen LogP contribution is -3.10. The summed E-state index contributed by atoms with van der Waals surface area (Å²) in [7, 11) is 3.74. The zero-order chi connectivity index (χ0) is 14.4. The quantitative estimate of drug-likeness (QED) is 0.539. The summed E-state index contributed by atoms with van der Waals surface area (Å²) in [6, 6.07) is -0.404. The number of urea groups is 1. The molecule has 19 heavy (non-hydrogen) atoms. The molecule has 0 unspecified atom stereocenters. The minimum atomic E-state index is -1.48. The number of hydrogen-bond donors (Lipinski definition) is 2. The first kappa shape index (κ1) is 15.2. The monoisotopic (exact) mass is 269 g/mol. The van der Waals surface area contributed by atoms with E-state index in [0.29, 0.717) is 6.08 Å². The zero-order valence-corrected chi connectivity index (χ0v) is 11.1. The van der Waals surface area contributed by atoms with E-state index in [-0.39, 0.29) is 6.04 Å². The van der Waals surface area contributed by atoms with E-state index in [4.69, 9.17) is 0 Å². The molecule has 0 aromatic heterocycles. The molecule has 1 aliphatic rings. The standard InChI is InChI=1S/C12H19N3O4/c1-14-7-5-9(6-8-14)15(2)12(19)13-10(16)3-4-11(17)18/h3-4,9H,5-8H2,1-2H3,(H,17,18)(H,13,16,19)/b4-3+. The van der Waals surface area contributed by atoms with Gasteiger partial charge in [0.15, 0.2) is 0 Å². The number of carboxylic acids is 1. The second-order valence-electron chi connectivity index (χ2n) is 4.75. The zero-order valence-electron chi connectivity index (χ0n) is 11.1. The summed E-state index contributed by atoms with van der Waals surface area (Å²) >= 11 is 0. The van der Waals surface area contributed by atoms with E-state index in [2.05, 4.69) is 12.4 Å². The maximum atomic E-state index is 11.8. The molecular weight excluding hydrogens is 250 g/mol. The Hall–Kier alpha value is -1.89. The molecule has 0 radical (unpaired) electrons.